The number of rotatable bonds is 5. The van der Waals surface area contributed by atoms with Gasteiger partial charge >= 0.3 is 0 Å². The Kier molecular flexibility index (Phi) is 4.85. The molecule has 0 spiro atoms. The van der Waals surface area contributed by atoms with Gasteiger partial charge in [0.05, 0.1) is 5.69 Å². The number of hydrogen-bond acceptors (Lipinski definition) is 4. The Hall–Kier alpha value is -1.72. The molecule has 0 atom stereocenters. The highest BCUT2D eigenvalue weighted by molar-refractivity contribution is 5.52. The van der Waals surface area contributed by atoms with Crippen molar-refractivity contribution in [3.05, 3.63) is 42.0 Å². The van der Waals surface area contributed by atoms with E-state index in [4.69, 9.17) is 4.42 Å². The molecule has 118 valence electrons. The van der Waals surface area contributed by atoms with Crippen molar-refractivity contribution in [2.45, 2.75) is 19.4 Å². The Morgan fingerprint density at radius 1 is 1.27 bits per heavy atom. The van der Waals surface area contributed by atoms with E-state index in [-0.39, 0.29) is 5.82 Å². The number of aromatic nitrogens is 1. The fourth-order valence-electron chi connectivity index (χ4n) is 2.97. The van der Waals surface area contributed by atoms with Crippen molar-refractivity contribution in [3.63, 3.8) is 0 Å². The lowest BCUT2D eigenvalue weighted by atomic mass is 9.97. The summed E-state index contributed by atoms with van der Waals surface area (Å²) in [5.41, 5.74) is 1.74. The van der Waals surface area contributed by atoms with E-state index in [1.807, 2.05) is 7.05 Å². The highest BCUT2D eigenvalue weighted by atomic mass is 19.1. The Bertz CT molecular complexity index is 588. The fraction of sp³-hybridized carbons (Fsp3) is 0.471. The molecule has 1 aliphatic heterocycles. The van der Waals surface area contributed by atoms with E-state index in [0.29, 0.717) is 5.89 Å². The van der Waals surface area contributed by atoms with Crippen molar-refractivity contribution in [2.24, 2.45) is 5.92 Å². The van der Waals surface area contributed by atoms with Crippen LogP contribution in [0, 0.1) is 11.7 Å². The largest absolute Gasteiger partial charge is 0.444 e. The zero-order valence-corrected chi connectivity index (χ0v) is 12.9. The molecule has 3 rings (SSSR count). The second kappa shape index (κ2) is 7.03. The molecule has 1 aromatic carbocycles. The first-order valence-corrected chi connectivity index (χ1v) is 7.82. The van der Waals surface area contributed by atoms with Crippen LogP contribution in [0.3, 0.4) is 0 Å². The number of benzene rings is 1. The predicted molar refractivity (Wildman–Crippen MR) is 83.8 cm³/mol. The van der Waals surface area contributed by atoms with Crippen LogP contribution >= 0.6 is 0 Å². The van der Waals surface area contributed by atoms with Gasteiger partial charge in [-0.05, 0) is 69.7 Å². The molecule has 0 radical (unpaired) electrons. The molecule has 2 aromatic rings. The maximum atomic E-state index is 12.9. The zero-order valence-electron chi connectivity index (χ0n) is 12.9. The van der Waals surface area contributed by atoms with Gasteiger partial charge in [0.1, 0.15) is 12.1 Å². The highest BCUT2D eigenvalue weighted by Crippen LogP contribution is 2.21. The monoisotopic (exact) mass is 303 g/mol. The summed E-state index contributed by atoms with van der Waals surface area (Å²) in [6.45, 7) is 4.12. The van der Waals surface area contributed by atoms with Crippen LogP contribution < -0.4 is 5.32 Å². The highest BCUT2D eigenvalue weighted by Gasteiger charge is 2.19. The number of nitrogens with zero attached hydrogens (tertiary/aromatic N) is 2. The second-order valence-electron chi connectivity index (χ2n) is 5.93. The van der Waals surface area contributed by atoms with Gasteiger partial charge in [-0.2, -0.15) is 0 Å². The summed E-state index contributed by atoms with van der Waals surface area (Å²) >= 11 is 0. The molecule has 0 unspecified atom stereocenters. The number of hydrogen-bond donors (Lipinski definition) is 1. The van der Waals surface area contributed by atoms with Gasteiger partial charge in [-0.1, -0.05) is 0 Å². The normalized spacial score (nSPS) is 17.0. The lowest BCUT2D eigenvalue weighted by Crippen LogP contribution is -2.36. The van der Waals surface area contributed by atoms with Gasteiger partial charge in [0.2, 0.25) is 5.89 Å². The van der Waals surface area contributed by atoms with Gasteiger partial charge in [0.15, 0.2) is 0 Å². The molecule has 0 aliphatic carbocycles. The third kappa shape index (κ3) is 3.72. The quantitative estimate of drug-likeness (QED) is 0.922. The first-order valence-electron chi connectivity index (χ1n) is 7.82. The van der Waals surface area contributed by atoms with Crippen molar-refractivity contribution in [2.75, 3.05) is 26.7 Å². The average Bonchev–Trinajstić information content (AvgIpc) is 2.99. The number of likely N-dealkylation sites (tertiary alicyclic amines) is 1. The number of halogens is 1. The molecule has 5 heteroatoms. The topological polar surface area (TPSA) is 41.3 Å². The molecule has 1 saturated heterocycles. The second-order valence-corrected chi connectivity index (χ2v) is 5.93. The van der Waals surface area contributed by atoms with Crippen LogP contribution in [-0.4, -0.2) is 36.6 Å². The van der Waals surface area contributed by atoms with E-state index in [1.54, 1.807) is 18.4 Å². The summed E-state index contributed by atoms with van der Waals surface area (Å²) in [4.78, 5) is 6.93. The Morgan fingerprint density at radius 3 is 2.68 bits per heavy atom. The smallest absolute Gasteiger partial charge is 0.226 e. The Morgan fingerprint density at radius 2 is 2.00 bits per heavy atom. The summed E-state index contributed by atoms with van der Waals surface area (Å²) in [6, 6.07) is 6.22. The molecular weight excluding hydrogens is 281 g/mol. The lowest BCUT2D eigenvalue weighted by molar-refractivity contribution is 0.175. The Labute approximate surface area is 130 Å². The zero-order chi connectivity index (χ0) is 15.4. The Balaban J connectivity index is 1.57. The first-order chi connectivity index (χ1) is 10.7. The standard InChI is InChI=1S/C17H22FN3O/c1-19-10-13-6-8-21(9-7-13)11-16-12-22-17(20-16)14-2-4-15(18)5-3-14/h2-5,12-13,19H,6-11H2,1H3. The van der Waals surface area contributed by atoms with Crippen LogP contribution in [0.15, 0.2) is 34.9 Å². The molecule has 22 heavy (non-hydrogen) atoms. The fourth-order valence-corrected chi connectivity index (χ4v) is 2.97. The van der Waals surface area contributed by atoms with Crippen LogP contribution in [0.5, 0.6) is 0 Å². The molecule has 0 amide bonds. The molecule has 1 fully saturated rings. The van der Waals surface area contributed by atoms with E-state index in [9.17, 15) is 4.39 Å². The van der Waals surface area contributed by atoms with E-state index in [2.05, 4.69) is 15.2 Å². The third-order valence-electron chi connectivity index (χ3n) is 4.23. The van der Waals surface area contributed by atoms with Gasteiger partial charge in [-0.15, -0.1) is 0 Å². The maximum absolute atomic E-state index is 12.9. The SMILES string of the molecule is CNCC1CCN(Cc2coc(-c3ccc(F)cc3)n2)CC1. The predicted octanol–water partition coefficient (Wildman–Crippen LogP) is 2.91. The van der Waals surface area contributed by atoms with Crippen molar-refractivity contribution >= 4 is 0 Å². The molecule has 1 N–H and O–H groups in total. The molecule has 0 saturated carbocycles. The number of nitrogens with one attached hydrogen (secondary N) is 1. The molecular formula is C17H22FN3O. The van der Waals surface area contributed by atoms with Gasteiger partial charge in [-0.25, -0.2) is 9.37 Å². The van der Waals surface area contributed by atoms with Gasteiger partial charge in [-0.3, -0.25) is 4.90 Å². The minimum absolute atomic E-state index is 0.250. The third-order valence-corrected chi connectivity index (χ3v) is 4.23. The van der Waals surface area contributed by atoms with Crippen LogP contribution in [0.1, 0.15) is 18.5 Å². The van der Waals surface area contributed by atoms with Gasteiger partial charge < -0.3 is 9.73 Å². The number of piperidine rings is 1. The molecule has 2 heterocycles. The molecule has 0 bridgehead atoms. The van der Waals surface area contributed by atoms with E-state index in [0.717, 1.165) is 43.4 Å². The summed E-state index contributed by atoms with van der Waals surface area (Å²) < 4.78 is 18.5. The molecule has 1 aromatic heterocycles. The van der Waals surface area contributed by atoms with Crippen molar-refractivity contribution in [3.8, 4) is 11.5 Å². The van der Waals surface area contributed by atoms with E-state index >= 15 is 0 Å². The van der Waals surface area contributed by atoms with Crippen LogP contribution in [0.2, 0.25) is 0 Å². The summed E-state index contributed by atoms with van der Waals surface area (Å²) in [5.74, 6) is 1.09. The van der Waals surface area contributed by atoms with Crippen molar-refractivity contribution < 1.29 is 8.81 Å². The van der Waals surface area contributed by atoms with E-state index in [1.165, 1.54) is 25.0 Å². The van der Waals surface area contributed by atoms with Gasteiger partial charge in [0, 0.05) is 12.1 Å². The maximum Gasteiger partial charge on any atom is 0.226 e. The van der Waals surface area contributed by atoms with Crippen molar-refractivity contribution in [1.82, 2.24) is 15.2 Å². The summed E-state index contributed by atoms with van der Waals surface area (Å²) in [6.07, 6.45) is 4.16. The minimum atomic E-state index is -0.250. The first kappa shape index (κ1) is 15.2. The van der Waals surface area contributed by atoms with Crippen molar-refractivity contribution in [1.29, 1.82) is 0 Å². The lowest BCUT2D eigenvalue weighted by Gasteiger charge is -2.31. The van der Waals surface area contributed by atoms with Crippen LogP contribution in [0.25, 0.3) is 11.5 Å². The average molecular weight is 303 g/mol. The summed E-state index contributed by atoms with van der Waals surface area (Å²) in [5, 5.41) is 3.25. The van der Waals surface area contributed by atoms with Crippen LogP contribution in [-0.2, 0) is 6.54 Å². The summed E-state index contributed by atoms with van der Waals surface area (Å²) in [7, 11) is 2.01. The van der Waals surface area contributed by atoms with Gasteiger partial charge in [0.25, 0.3) is 0 Å². The minimum Gasteiger partial charge on any atom is -0.444 e. The van der Waals surface area contributed by atoms with E-state index < -0.39 is 0 Å². The molecule has 1 aliphatic rings. The number of oxazole rings is 1. The molecule has 4 nitrogen and oxygen atoms in total. The van der Waals surface area contributed by atoms with Crippen LogP contribution in [0.4, 0.5) is 4.39 Å².